The maximum atomic E-state index is 8.48. The Hall–Kier alpha value is -2.06. The minimum atomic E-state index is 0.162. The number of rotatable bonds is 7. The predicted molar refractivity (Wildman–Crippen MR) is 80.9 cm³/mol. The highest BCUT2D eigenvalue weighted by molar-refractivity contribution is 7.07. The fourth-order valence-electron chi connectivity index (χ4n) is 1.78. The summed E-state index contributed by atoms with van der Waals surface area (Å²) < 4.78 is 5.62. The molecular weight excluding hydrogens is 270 g/mol. The number of nitrogens with one attached hydrogen (secondary N) is 1. The largest absolute Gasteiger partial charge is 0.493 e. The normalized spacial score (nSPS) is 11.6. The average molecular weight is 287 g/mol. The van der Waals surface area contributed by atoms with Gasteiger partial charge in [0.2, 0.25) is 0 Å². The Balaban J connectivity index is 1.91. The van der Waals surface area contributed by atoms with Crippen LogP contribution in [0.15, 0.2) is 35.2 Å². The molecule has 0 radical (unpaired) electrons. The van der Waals surface area contributed by atoms with Crippen LogP contribution in [0, 0.1) is 11.3 Å². The van der Waals surface area contributed by atoms with Crippen molar-refractivity contribution < 1.29 is 4.74 Å². The lowest BCUT2D eigenvalue weighted by Crippen LogP contribution is -2.07. The number of aromatic nitrogens is 1. The summed E-state index contributed by atoms with van der Waals surface area (Å²) >= 11 is 1.60. The lowest BCUT2D eigenvalue weighted by molar-refractivity contribution is 0.313. The molecule has 4 nitrogen and oxygen atoms in total. The third-order valence-corrected chi connectivity index (χ3v) is 3.42. The van der Waals surface area contributed by atoms with Crippen LogP contribution in [0.2, 0.25) is 0 Å². The molecule has 0 saturated carbocycles. The van der Waals surface area contributed by atoms with Gasteiger partial charge in [-0.1, -0.05) is 6.07 Å². The van der Waals surface area contributed by atoms with E-state index in [9.17, 15) is 0 Å². The number of nitrogens with zero attached hydrogens (tertiary/aromatic N) is 2. The second-order valence-electron chi connectivity index (χ2n) is 4.42. The van der Waals surface area contributed by atoms with E-state index in [1.54, 1.807) is 11.3 Å². The van der Waals surface area contributed by atoms with E-state index in [-0.39, 0.29) is 6.04 Å². The first-order chi connectivity index (χ1) is 9.79. The lowest BCUT2D eigenvalue weighted by atomic mass is 10.2. The molecule has 5 heteroatoms. The number of nitriles is 1. The summed E-state index contributed by atoms with van der Waals surface area (Å²) in [4.78, 5) is 4.30. The SMILES string of the molecule is CC(Nc1cccc(OCCCC#N)c1)c1cscn1. The molecule has 0 bridgehead atoms. The van der Waals surface area contributed by atoms with Crippen molar-refractivity contribution in [3.63, 3.8) is 0 Å². The molecule has 0 fully saturated rings. The van der Waals surface area contributed by atoms with Gasteiger partial charge in [0, 0.05) is 23.6 Å². The molecule has 1 aromatic carbocycles. The van der Waals surface area contributed by atoms with Crippen LogP contribution in [-0.2, 0) is 0 Å². The van der Waals surface area contributed by atoms with E-state index in [1.807, 2.05) is 35.2 Å². The summed E-state index contributed by atoms with van der Waals surface area (Å²) in [6.07, 6.45) is 1.28. The van der Waals surface area contributed by atoms with E-state index in [4.69, 9.17) is 10.00 Å². The molecule has 1 heterocycles. The maximum absolute atomic E-state index is 8.48. The molecule has 1 atom stereocenters. The lowest BCUT2D eigenvalue weighted by Gasteiger charge is -2.14. The van der Waals surface area contributed by atoms with Gasteiger partial charge in [0.25, 0.3) is 0 Å². The van der Waals surface area contributed by atoms with Crippen molar-refractivity contribution in [3.8, 4) is 11.8 Å². The van der Waals surface area contributed by atoms with Crippen LogP contribution >= 0.6 is 11.3 Å². The highest BCUT2D eigenvalue weighted by Gasteiger charge is 2.07. The van der Waals surface area contributed by atoms with Crippen LogP contribution in [0.5, 0.6) is 5.75 Å². The number of anilines is 1. The number of unbranched alkanes of at least 4 members (excludes halogenated alkanes) is 1. The first-order valence-electron chi connectivity index (χ1n) is 6.54. The summed E-state index contributed by atoms with van der Waals surface area (Å²) in [7, 11) is 0. The van der Waals surface area contributed by atoms with Gasteiger partial charge in [0.05, 0.1) is 29.9 Å². The monoisotopic (exact) mass is 287 g/mol. The topological polar surface area (TPSA) is 57.9 Å². The molecule has 0 aliphatic heterocycles. The van der Waals surface area contributed by atoms with E-state index in [0.717, 1.165) is 23.6 Å². The minimum absolute atomic E-state index is 0.162. The first-order valence-corrected chi connectivity index (χ1v) is 7.48. The Labute approximate surface area is 123 Å². The third kappa shape index (κ3) is 4.25. The van der Waals surface area contributed by atoms with Crippen molar-refractivity contribution in [3.05, 3.63) is 40.8 Å². The molecule has 0 amide bonds. The number of hydrogen-bond acceptors (Lipinski definition) is 5. The third-order valence-electron chi connectivity index (χ3n) is 2.81. The smallest absolute Gasteiger partial charge is 0.121 e. The predicted octanol–water partition coefficient (Wildman–Crippen LogP) is 4.00. The van der Waals surface area contributed by atoms with Crippen LogP contribution in [0.4, 0.5) is 5.69 Å². The van der Waals surface area contributed by atoms with Crippen molar-refractivity contribution in [2.24, 2.45) is 0 Å². The van der Waals surface area contributed by atoms with Crippen LogP contribution in [0.1, 0.15) is 31.5 Å². The molecule has 0 aliphatic rings. The van der Waals surface area contributed by atoms with Gasteiger partial charge in [-0.15, -0.1) is 11.3 Å². The fraction of sp³-hybridized carbons (Fsp3) is 0.333. The van der Waals surface area contributed by atoms with E-state index in [2.05, 4.69) is 23.3 Å². The van der Waals surface area contributed by atoms with Crippen LogP contribution in [0.3, 0.4) is 0 Å². The Kier molecular flexibility index (Phi) is 5.39. The molecule has 0 aliphatic carbocycles. The number of thiazole rings is 1. The Bertz CT molecular complexity index is 563. The molecule has 2 rings (SSSR count). The van der Waals surface area contributed by atoms with Gasteiger partial charge in [-0.2, -0.15) is 5.26 Å². The molecule has 1 aromatic heterocycles. The first kappa shape index (κ1) is 14.4. The second-order valence-corrected chi connectivity index (χ2v) is 5.14. The second kappa shape index (κ2) is 7.51. The van der Waals surface area contributed by atoms with Crippen molar-refractivity contribution in [1.29, 1.82) is 5.26 Å². The molecule has 20 heavy (non-hydrogen) atoms. The number of benzene rings is 1. The van der Waals surface area contributed by atoms with Gasteiger partial charge in [0.15, 0.2) is 0 Å². The zero-order valence-corrected chi connectivity index (χ0v) is 12.2. The van der Waals surface area contributed by atoms with E-state index >= 15 is 0 Å². The van der Waals surface area contributed by atoms with Crippen molar-refractivity contribution in [2.45, 2.75) is 25.8 Å². The zero-order valence-electron chi connectivity index (χ0n) is 11.4. The van der Waals surface area contributed by atoms with E-state index in [1.165, 1.54) is 0 Å². The molecule has 0 saturated heterocycles. The minimum Gasteiger partial charge on any atom is -0.493 e. The summed E-state index contributed by atoms with van der Waals surface area (Å²) in [6, 6.07) is 10.1. The molecule has 0 spiro atoms. The summed E-state index contributed by atoms with van der Waals surface area (Å²) in [5, 5.41) is 13.9. The quantitative estimate of drug-likeness (QED) is 0.782. The molecule has 1 N–H and O–H groups in total. The van der Waals surface area contributed by atoms with Gasteiger partial charge in [-0.3, -0.25) is 0 Å². The standard InChI is InChI=1S/C15H17N3OS/c1-12(15-10-20-11-17-15)18-13-5-4-6-14(9-13)19-8-3-2-7-16/h4-6,9-12,18H,2-3,8H2,1H3. The van der Waals surface area contributed by atoms with E-state index < -0.39 is 0 Å². The molecule has 104 valence electrons. The average Bonchev–Trinajstić information content (AvgIpc) is 2.98. The number of ether oxygens (including phenoxy) is 1. The van der Waals surface area contributed by atoms with Crippen molar-refractivity contribution in [2.75, 3.05) is 11.9 Å². The maximum Gasteiger partial charge on any atom is 0.121 e. The van der Waals surface area contributed by atoms with Crippen LogP contribution < -0.4 is 10.1 Å². The molecule has 2 aromatic rings. The Morgan fingerprint density at radius 1 is 1.50 bits per heavy atom. The fourth-order valence-corrected chi connectivity index (χ4v) is 2.42. The van der Waals surface area contributed by atoms with Gasteiger partial charge in [0.1, 0.15) is 5.75 Å². The van der Waals surface area contributed by atoms with Gasteiger partial charge in [-0.05, 0) is 25.5 Å². The highest BCUT2D eigenvalue weighted by atomic mass is 32.1. The van der Waals surface area contributed by atoms with Crippen LogP contribution in [-0.4, -0.2) is 11.6 Å². The molecular formula is C15H17N3OS. The Morgan fingerprint density at radius 3 is 3.15 bits per heavy atom. The highest BCUT2D eigenvalue weighted by Crippen LogP contribution is 2.22. The summed E-state index contributed by atoms with van der Waals surface area (Å²) in [5.41, 5.74) is 3.88. The van der Waals surface area contributed by atoms with Gasteiger partial charge in [-0.25, -0.2) is 4.98 Å². The van der Waals surface area contributed by atoms with Crippen molar-refractivity contribution >= 4 is 17.0 Å². The van der Waals surface area contributed by atoms with Crippen molar-refractivity contribution in [1.82, 2.24) is 4.98 Å². The van der Waals surface area contributed by atoms with Crippen LogP contribution in [0.25, 0.3) is 0 Å². The van der Waals surface area contributed by atoms with Gasteiger partial charge < -0.3 is 10.1 Å². The van der Waals surface area contributed by atoms with Gasteiger partial charge >= 0.3 is 0 Å². The Morgan fingerprint density at radius 2 is 2.40 bits per heavy atom. The van der Waals surface area contributed by atoms with E-state index in [0.29, 0.717) is 13.0 Å². The summed E-state index contributed by atoms with van der Waals surface area (Å²) in [5.74, 6) is 0.818. The summed E-state index contributed by atoms with van der Waals surface area (Å²) in [6.45, 7) is 2.65. The number of hydrogen-bond donors (Lipinski definition) is 1. The molecule has 1 unspecified atom stereocenters. The zero-order chi connectivity index (χ0) is 14.2.